The molecule has 1 heterocycles. The Balaban J connectivity index is 1.96. The summed E-state index contributed by atoms with van der Waals surface area (Å²) >= 11 is 12.1. The summed E-state index contributed by atoms with van der Waals surface area (Å²) < 4.78 is 15.8. The second-order valence-electron chi connectivity index (χ2n) is 9.66. The highest BCUT2D eigenvalue weighted by atomic mass is 35.5. The minimum atomic E-state index is -1.51. The van der Waals surface area contributed by atoms with E-state index in [-0.39, 0.29) is 22.5 Å². The number of aromatic nitrogens is 1. The van der Waals surface area contributed by atoms with Crippen LogP contribution in [0.5, 0.6) is 0 Å². The molecule has 0 saturated carbocycles. The van der Waals surface area contributed by atoms with Crippen molar-refractivity contribution < 1.29 is 18.8 Å². The molecule has 1 atom stereocenters. The SMILES string of the molecule is CCCCC(=O)NC(=C/N)/C(=N/C(C)F)c1cccc(Cc2ccc(-c3cc(Cl)ccc3N(N)/C=C(\N)Cl)c[n+]2OC)c1. The number of allylic oxidation sites excluding steroid dienone is 1. The van der Waals surface area contributed by atoms with Crippen LogP contribution in [0.25, 0.3) is 11.1 Å². The van der Waals surface area contributed by atoms with Crippen molar-refractivity contribution in [3.05, 3.63) is 106 Å². The van der Waals surface area contributed by atoms with Crippen molar-refractivity contribution in [1.82, 2.24) is 5.32 Å². The lowest BCUT2D eigenvalue weighted by Gasteiger charge is -2.18. The number of halogens is 3. The maximum atomic E-state index is 14.1. The summed E-state index contributed by atoms with van der Waals surface area (Å²) in [5, 5.41) is 4.64. The molecule has 3 aromatic rings. The standard InChI is InChI=1S/C31H36Cl2FN7O2/c1-4-5-9-30(42)39-27(17-35)31(38-20(2)34)22-8-6-7-21(14-22)15-25-12-10-23(18-41(25)43-3)26-16-24(32)11-13-28(26)40(37)19-29(33)36/h6-8,10-14,16-20H,4-5,9,15,36-37H2,1-3H3,(H2-,35,38,39,42)/p+1/b29-19-. The fourth-order valence-corrected chi connectivity index (χ4v) is 4.67. The number of rotatable bonds is 13. The summed E-state index contributed by atoms with van der Waals surface area (Å²) in [5.41, 5.74) is 16.4. The van der Waals surface area contributed by atoms with Crippen LogP contribution < -0.4 is 37.2 Å². The average Bonchev–Trinajstić information content (AvgIpc) is 2.97. The number of anilines is 1. The van der Waals surface area contributed by atoms with Crippen LogP contribution >= 0.6 is 23.2 Å². The van der Waals surface area contributed by atoms with Crippen LogP contribution in [0.2, 0.25) is 5.02 Å². The van der Waals surface area contributed by atoms with Crippen LogP contribution in [0.4, 0.5) is 10.1 Å². The highest BCUT2D eigenvalue weighted by Gasteiger charge is 2.20. The number of benzene rings is 2. The second-order valence-corrected chi connectivity index (χ2v) is 10.5. The molecule has 0 spiro atoms. The van der Waals surface area contributed by atoms with Gasteiger partial charge in [0.05, 0.1) is 35.3 Å². The van der Waals surface area contributed by atoms with E-state index in [1.54, 1.807) is 36.1 Å². The molecule has 9 nitrogen and oxygen atoms in total. The van der Waals surface area contributed by atoms with E-state index in [0.717, 1.165) is 35.2 Å². The number of amides is 1. The third-order valence-electron chi connectivity index (χ3n) is 6.35. The van der Waals surface area contributed by atoms with Crippen molar-refractivity contribution in [3.63, 3.8) is 0 Å². The number of alkyl halides is 1. The van der Waals surface area contributed by atoms with Gasteiger partial charge in [-0.3, -0.25) is 14.6 Å². The molecule has 0 aliphatic rings. The third-order valence-corrected chi connectivity index (χ3v) is 6.68. The first-order chi connectivity index (χ1) is 20.6. The summed E-state index contributed by atoms with van der Waals surface area (Å²) in [7, 11) is 1.56. The number of nitrogens with zero attached hydrogens (tertiary/aromatic N) is 3. The summed E-state index contributed by atoms with van der Waals surface area (Å²) in [4.78, 5) is 22.2. The Hall–Kier alpha value is -4.12. The molecule has 1 unspecified atom stereocenters. The van der Waals surface area contributed by atoms with Crippen LogP contribution in [0, 0.1) is 0 Å². The summed E-state index contributed by atoms with van der Waals surface area (Å²) in [6.07, 6.45) is 5.32. The van der Waals surface area contributed by atoms with Gasteiger partial charge in [-0.15, -0.1) is 0 Å². The van der Waals surface area contributed by atoms with Crippen molar-refractivity contribution in [2.24, 2.45) is 22.3 Å². The number of hydrazine groups is 1. The topological polar surface area (TPSA) is 136 Å². The van der Waals surface area contributed by atoms with Gasteiger partial charge in [-0.1, -0.05) is 54.7 Å². The summed E-state index contributed by atoms with van der Waals surface area (Å²) in [5.74, 6) is 5.97. The number of carbonyl (C=O) groups is 1. The smallest absolute Gasteiger partial charge is 0.238 e. The second kappa shape index (κ2) is 15.9. The van der Waals surface area contributed by atoms with Crippen LogP contribution in [0.1, 0.15) is 49.9 Å². The highest BCUT2D eigenvalue weighted by Crippen LogP contribution is 2.32. The Morgan fingerprint density at radius 2 is 2.00 bits per heavy atom. The Morgan fingerprint density at radius 1 is 1.23 bits per heavy atom. The predicted molar refractivity (Wildman–Crippen MR) is 171 cm³/mol. The van der Waals surface area contributed by atoms with Crippen molar-refractivity contribution in [2.75, 3.05) is 12.1 Å². The number of unbranched alkanes of at least 4 members (excludes halogenated alkanes) is 1. The summed E-state index contributed by atoms with van der Waals surface area (Å²) in [6.45, 7) is 3.31. The number of nitrogens with one attached hydrogen (secondary N) is 1. The third kappa shape index (κ3) is 9.44. The van der Waals surface area contributed by atoms with Gasteiger partial charge in [0, 0.05) is 39.6 Å². The number of carbonyl (C=O) groups excluding carboxylic acids is 1. The Morgan fingerprint density at radius 3 is 2.65 bits per heavy atom. The van der Waals surface area contributed by atoms with Crippen molar-refractivity contribution in [1.29, 1.82) is 0 Å². The zero-order chi connectivity index (χ0) is 31.5. The molecule has 0 aliphatic heterocycles. The Kier molecular flexibility index (Phi) is 12.4. The van der Waals surface area contributed by atoms with E-state index >= 15 is 0 Å². The lowest BCUT2D eigenvalue weighted by atomic mass is 10.0. The van der Waals surface area contributed by atoms with Gasteiger partial charge in [-0.2, -0.15) is 0 Å². The molecule has 3 rings (SSSR count). The van der Waals surface area contributed by atoms with Gasteiger partial charge in [-0.25, -0.2) is 15.2 Å². The molecule has 1 aromatic heterocycles. The molecule has 43 heavy (non-hydrogen) atoms. The molecular weight excluding hydrogens is 592 g/mol. The van der Waals surface area contributed by atoms with Crippen LogP contribution in [-0.4, -0.2) is 25.0 Å². The molecule has 0 fully saturated rings. The first-order valence-electron chi connectivity index (χ1n) is 13.6. The summed E-state index contributed by atoms with van der Waals surface area (Å²) in [6, 6.07) is 16.5. The van der Waals surface area contributed by atoms with Gasteiger partial charge in [0.1, 0.15) is 12.3 Å². The molecule has 0 saturated heterocycles. The molecule has 0 aliphatic carbocycles. The number of hydrogen-bond acceptors (Lipinski definition) is 7. The van der Waals surface area contributed by atoms with Crippen LogP contribution in [-0.2, 0) is 11.2 Å². The minimum absolute atomic E-state index is 0.0232. The zero-order valence-corrected chi connectivity index (χ0v) is 25.9. The van der Waals surface area contributed by atoms with Crippen LogP contribution in [0.3, 0.4) is 0 Å². The van der Waals surface area contributed by atoms with E-state index in [1.165, 1.54) is 24.3 Å². The number of nitrogens with two attached hydrogens (primary N) is 3. The molecular formula is C31H37Cl2FN7O2+. The van der Waals surface area contributed by atoms with E-state index in [9.17, 15) is 9.18 Å². The maximum Gasteiger partial charge on any atom is 0.238 e. The average molecular weight is 630 g/mol. The molecule has 7 N–H and O–H groups in total. The van der Waals surface area contributed by atoms with Gasteiger partial charge in [-0.05, 0) is 49.2 Å². The first-order valence-corrected chi connectivity index (χ1v) is 14.4. The fourth-order valence-electron chi connectivity index (χ4n) is 4.39. The molecule has 1 amide bonds. The molecule has 12 heteroatoms. The van der Waals surface area contributed by atoms with E-state index in [0.29, 0.717) is 29.1 Å². The largest absolute Gasteiger partial charge is 0.403 e. The zero-order valence-electron chi connectivity index (χ0n) is 24.4. The van der Waals surface area contributed by atoms with E-state index in [4.69, 9.17) is 45.3 Å². The van der Waals surface area contributed by atoms with Crippen molar-refractivity contribution in [3.8, 4) is 11.1 Å². The Labute approximate surface area is 261 Å². The Bertz CT molecular complexity index is 1520. The highest BCUT2D eigenvalue weighted by molar-refractivity contribution is 6.31. The monoisotopic (exact) mass is 628 g/mol. The predicted octanol–water partition coefficient (Wildman–Crippen LogP) is 4.83. The molecule has 0 bridgehead atoms. The maximum absolute atomic E-state index is 14.1. The van der Waals surface area contributed by atoms with Gasteiger partial charge in [0.25, 0.3) is 0 Å². The normalized spacial score (nSPS) is 13.0. The van der Waals surface area contributed by atoms with Crippen LogP contribution in [0.15, 0.2) is 89.0 Å². The molecule has 0 radical (unpaired) electrons. The molecule has 2 aromatic carbocycles. The van der Waals surface area contributed by atoms with Gasteiger partial charge in [0.2, 0.25) is 17.8 Å². The lowest BCUT2D eigenvalue weighted by molar-refractivity contribution is -0.889. The van der Waals surface area contributed by atoms with E-state index < -0.39 is 6.30 Å². The fraction of sp³-hybridized carbons (Fsp3) is 0.258. The van der Waals surface area contributed by atoms with Gasteiger partial charge >= 0.3 is 0 Å². The van der Waals surface area contributed by atoms with Crippen molar-refractivity contribution >= 4 is 40.5 Å². The molecule has 228 valence electrons. The van der Waals surface area contributed by atoms with Gasteiger partial charge < -0.3 is 16.8 Å². The minimum Gasteiger partial charge on any atom is -0.403 e. The van der Waals surface area contributed by atoms with Gasteiger partial charge in [0.15, 0.2) is 6.30 Å². The first kappa shape index (κ1) is 33.4. The number of aliphatic imine (C=N–C) groups is 1. The number of hydrogen-bond donors (Lipinski definition) is 4. The van der Waals surface area contributed by atoms with E-state index in [2.05, 4.69) is 10.3 Å². The van der Waals surface area contributed by atoms with E-state index in [1.807, 2.05) is 43.5 Å². The quantitative estimate of drug-likeness (QED) is 0.0704. The number of pyridine rings is 1. The van der Waals surface area contributed by atoms with Crippen molar-refractivity contribution in [2.45, 2.75) is 45.8 Å². The lowest BCUT2D eigenvalue weighted by Crippen LogP contribution is -2.44.